The van der Waals surface area contributed by atoms with E-state index in [0.29, 0.717) is 6.42 Å². The predicted molar refractivity (Wildman–Crippen MR) is 213 cm³/mol. The van der Waals surface area contributed by atoms with E-state index in [1.165, 1.54) is 30.7 Å². The van der Waals surface area contributed by atoms with Gasteiger partial charge in [-0.25, -0.2) is 4.79 Å². The Bertz CT molecular complexity index is 1740. The Hall–Kier alpha value is -5.32. The Kier molecular flexibility index (Phi) is 19.2. The number of nitro benzene ring substituents is 1. The van der Waals surface area contributed by atoms with E-state index in [-0.39, 0.29) is 37.7 Å². The average Bonchev–Trinajstić information content (AvgIpc) is 3.22. The Morgan fingerprint density at radius 2 is 1.24 bits per heavy atom. The molecule has 0 unspecified atom stereocenters. The fraction of sp³-hybridized carbons (Fsp3) is 0.386. The number of hydrogen-bond acceptors (Lipinski definition) is 8. The molecule has 0 aliphatic rings. The van der Waals surface area contributed by atoms with Gasteiger partial charge < -0.3 is 18.9 Å². The number of azide groups is 1. The first kappa shape index (κ1) is 42.4. The van der Waals surface area contributed by atoms with E-state index < -0.39 is 35.2 Å². The minimum atomic E-state index is -1.04. The standard InChI is InChI=1S/C44H52N4O7/c1-2-3-4-5-6-7-8-9-19-26-40(46-47-45)42(53-32-36-22-15-11-16-23-36)43(54-33-37-24-17-12-18-25-37)41(34-52-31-35-20-13-10-14-21-35)55-44(49)38-27-29-39(30-28-38)48(50)51/h2,10-18,20-25,27-30,40-43H,1,3-9,19,26,31-34H2/t40-,41+,42-,43-/m1/s1. The van der Waals surface area contributed by atoms with Crippen molar-refractivity contribution >= 4 is 11.7 Å². The van der Waals surface area contributed by atoms with Gasteiger partial charge in [-0.1, -0.05) is 141 Å². The van der Waals surface area contributed by atoms with Crippen molar-refractivity contribution < 1.29 is 28.7 Å². The number of hydrogen-bond donors (Lipinski definition) is 0. The molecule has 4 rings (SSSR count). The van der Waals surface area contributed by atoms with Crippen molar-refractivity contribution in [3.8, 4) is 0 Å². The summed E-state index contributed by atoms with van der Waals surface area (Å²) in [6.45, 7) is 4.30. The highest BCUT2D eigenvalue weighted by Gasteiger charge is 2.39. The molecule has 0 aliphatic heterocycles. The maximum Gasteiger partial charge on any atom is 0.338 e. The highest BCUT2D eigenvalue weighted by Crippen LogP contribution is 2.26. The third-order valence-electron chi connectivity index (χ3n) is 9.21. The first-order valence-electron chi connectivity index (χ1n) is 19.0. The van der Waals surface area contributed by atoms with Gasteiger partial charge in [0.05, 0.1) is 49.1 Å². The van der Waals surface area contributed by atoms with Crippen LogP contribution in [0.15, 0.2) is 133 Å². The van der Waals surface area contributed by atoms with E-state index in [1.54, 1.807) is 0 Å². The van der Waals surface area contributed by atoms with Crippen molar-refractivity contribution in [3.05, 3.63) is 171 Å². The Morgan fingerprint density at radius 3 is 1.76 bits per heavy atom. The molecule has 0 heterocycles. The number of benzene rings is 4. The van der Waals surface area contributed by atoms with Crippen molar-refractivity contribution in [2.75, 3.05) is 6.61 Å². The second kappa shape index (κ2) is 24.9. The largest absolute Gasteiger partial charge is 0.453 e. The summed E-state index contributed by atoms with van der Waals surface area (Å²) in [5.41, 5.74) is 12.6. The quantitative estimate of drug-likeness (QED) is 0.00862. The number of esters is 1. The van der Waals surface area contributed by atoms with Gasteiger partial charge in [-0.15, -0.1) is 6.58 Å². The molecule has 55 heavy (non-hydrogen) atoms. The monoisotopic (exact) mass is 748 g/mol. The highest BCUT2D eigenvalue weighted by atomic mass is 16.6. The lowest BCUT2D eigenvalue weighted by molar-refractivity contribution is -0.384. The lowest BCUT2D eigenvalue weighted by Crippen LogP contribution is -2.50. The van der Waals surface area contributed by atoms with Crippen LogP contribution < -0.4 is 0 Å². The SMILES string of the molecule is C=CCCCCCCCCC[C@@H](N=[N+]=[N-])[C@@H](OCc1ccccc1)[C@H](OCc1ccccc1)[C@H](COCc1ccccc1)OC(=O)c1ccc([N+](=O)[O-])cc1. The van der Waals surface area contributed by atoms with Gasteiger partial charge in [-0.05, 0) is 53.6 Å². The molecule has 4 atom stereocenters. The number of ether oxygens (including phenoxy) is 4. The van der Waals surface area contributed by atoms with Gasteiger partial charge in [0.15, 0.2) is 6.10 Å². The zero-order chi connectivity index (χ0) is 38.9. The third-order valence-corrected chi connectivity index (χ3v) is 9.21. The summed E-state index contributed by atoms with van der Waals surface area (Å²) in [7, 11) is 0. The van der Waals surface area contributed by atoms with Crippen LogP contribution in [0.4, 0.5) is 5.69 Å². The summed E-state index contributed by atoms with van der Waals surface area (Å²) in [5, 5.41) is 15.6. The molecule has 0 radical (unpaired) electrons. The van der Waals surface area contributed by atoms with Gasteiger partial charge in [0, 0.05) is 17.0 Å². The molecule has 0 spiro atoms. The van der Waals surface area contributed by atoms with Crippen LogP contribution in [0.25, 0.3) is 10.4 Å². The number of allylic oxidation sites excluding steroid dienone is 1. The lowest BCUT2D eigenvalue weighted by Gasteiger charge is -2.36. The molecule has 0 aliphatic carbocycles. The Labute approximate surface area is 324 Å². The average molecular weight is 749 g/mol. The van der Waals surface area contributed by atoms with Gasteiger partial charge in [0.2, 0.25) is 0 Å². The fourth-order valence-electron chi connectivity index (χ4n) is 6.24. The normalized spacial score (nSPS) is 13.2. The van der Waals surface area contributed by atoms with Gasteiger partial charge in [0.1, 0.15) is 6.10 Å². The first-order chi connectivity index (χ1) is 27.0. The maximum absolute atomic E-state index is 13.8. The van der Waals surface area contributed by atoms with Crippen LogP contribution in [0.2, 0.25) is 0 Å². The maximum atomic E-state index is 13.8. The number of non-ortho nitro benzene ring substituents is 1. The summed E-state index contributed by atoms with van der Waals surface area (Å²) in [5.74, 6) is -0.716. The summed E-state index contributed by atoms with van der Waals surface area (Å²) in [4.78, 5) is 27.8. The van der Waals surface area contributed by atoms with Crippen molar-refractivity contribution in [3.63, 3.8) is 0 Å². The Balaban J connectivity index is 1.66. The first-order valence-corrected chi connectivity index (χ1v) is 19.0. The van der Waals surface area contributed by atoms with Crippen LogP contribution in [0.1, 0.15) is 84.8 Å². The van der Waals surface area contributed by atoms with Crippen LogP contribution in [-0.2, 0) is 38.8 Å². The zero-order valence-corrected chi connectivity index (χ0v) is 31.4. The lowest BCUT2D eigenvalue weighted by atomic mass is 9.95. The highest BCUT2D eigenvalue weighted by molar-refractivity contribution is 5.89. The molecule has 0 N–H and O–H groups in total. The fourth-order valence-corrected chi connectivity index (χ4v) is 6.24. The number of carbonyl (C=O) groups is 1. The molecule has 290 valence electrons. The second-order valence-electron chi connectivity index (χ2n) is 13.4. The number of nitrogens with zero attached hydrogens (tertiary/aromatic N) is 4. The van der Waals surface area contributed by atoms with Gasteiger partial charge in [0.25, 0.3) is 5.69 Å². The van der Waals surface area contributed by atoms with Crippen LogP contribution in [-0.4, -0.2) is 41.9 Å². The molecule has 11 heteroatoms. The molecule has 4 aromatic carbocycles. The zero-order valence-electron chi connectivity index (χ0n) is 31.4. The number of unbranched alkanes of at least 4 members (excludes halogenated alkanes) is 7. The molecule has 0 amide bonds. The smallest absolute Gasteiger partial charge is 0.338 e. The molecule has 4 aromatic rings. The molecule has 0 saturated heterocycles. The van der Waals surface area contributed by atoms with Gasteiger partial charge in [-0.2, -0.15) is 0 Å². The second-order valence-corrected chi connectivity index (χ2v) is 13.4. The summed E-state index contributed by atoms with van der Waals surface area (Å²) >= 11 is 0. The van der Waals surface area contributed by atoms with Crippen LogP contribution in [0, 0.1) is 10.1 Å². The van der Waals surface area contributed by atoms with E-state index >= 15 is 0 Å². The van der Waals surface area contributed by atoms with Crippen LogP contribution in [0.5, 0.6) is 0 Å². The van der Waals surface area contributed by atoms with Gasteiger partial charge >= 0.3 is 5.97 Å². The molecule has 0 saturated carbocycles. The van der Waals surface area contributed by atoms with Crippen molar-refractivity contribution in [1.82, 2.24) is 0 Å². The van der Waals surface area contributed by atoms with Crippen LogP contribution in [0.3, 0.4) is 0 Å². The topological polar surface area (TPSA) is 146 Å². The minimum Gasteiger partial charge on any atom is -0.453 e. The summed E-state index contributed by atoms with van der Waals surface area (Å²) in [6, 6.07) is 33.4. The minimum absolute atomic E-state index is 0.0763. The van der Waals surface area contributed by atoms with Crippen molar-refractivity contribution in [2.45, 2.75) is 102 Å². The van der Waals surface area contributed by atoms with E-state index in [4.69, 9.17) is 18.9 Å². The molecular formula is C44H52N4O7. The van der Waals surface area contributed by atoms with E-state index in [2.05, 4.69) is 16.6 Å². The molecule has 11 nitrogen and oxygen atoms in total. The Morgan fingerprint density at radius 1 is 0.727 bits per heavy atom. The third kappa shape index (κ3) is 15.5. The van der Waals surface area contributed by atoms with E-state index in [1.807, 2.05) is 97.1 Å². The van der Waals surface area contributed by atoms with Gasteiger partial charge in [-0.3, -0.25) is 10.1 Å². The van der Waals surface area contributed by atoms with Crippen LogP contribution >= 0.6 is 0 Å². The molecule has 0 bridgehead atoms. The van der Waals surface area contributed by atoms with E-state index in [9.17, 15) is 20.4 Å². The summed E-state index contributed by atoms with van der Waals surface area (Å²) in [6.07, 6.45) is 8.10. The van der Waals surface area contributed by atoms with Crippen molar-refractivity contribution in [2.24, 2.45) is 5.11 Å². The predicted octanol–water partition coefficient (Wildman–Crippen LogP) is 10.9. The molecule has 0 fully saturated rings. The van der Waals surface area contributed by atoms with E-state index in [0.717, 1.165) is 61.6 Å². The van der Waals surface area contributed by atoms with Crippen molar-refractivity contribution in [1.29, 1.82) is 0 Å². The number of nitro groups is 1. The number of rotatable bonds is 27. The molecular weight excluding hydrogens is 697 g/mol. The summed E-state index contributed by atoms with van der Waals surface area (Å²) < 4.78 is 25.8. The number of carbonyl (C=O) groups excluding carboxylic acids is 1. The molecule has 0 aromatic heterocycles.